The van der Waals surface area contributed by atoms with Crippen LogP contribution in [0.2, 0.25) is 0 Å². The summed E-state index contributed by atoms with van der Waals surface area (Å²) in [6.07, 6.45) is 0. The molecule has 0 unspecified atom stereocenters. The predicted molar refractivity (Wildman–Crippen MR) is 36.1 cm³/mol. The normalized spacial score (nSPS) is 5.14. The van der Waals surface area contributed by atoms with Gasteiger partial charge < -0.3 is 52.1 Å². The Balaban J connectivity index is -0.0000000270. The topological polar surface area (TPSA) is 234 Å². The molecule has 0 aliphatic carbocycles. The van der Waals surface area contributed by atoms with E-state index in [2.05, 4.69) is 0 Å². The van der Waals surface area contributed by atoms with Gasteiger partial charge in [-0.2, -0.15) is 0 Å². The second kappa shape index (κ2) is 22.6. The van der Waals surface area contributed by atoms with Crippen LogP contribution in [-0.2, 0) is 0 Å². The number of rotatable bonds is 0. The molecule has 0 rings (SSSR count). The molecule has 0 saturated carbocycles. The molecule has 0 radical (unpaired) electrons. The second-order valence-corrected chi connectivity index (χ2v) is 0.671. The van der Waals surface area contributed by atoms with Crippen LogP contribution in [0.5, 0.6) is 0 Å². The Morgan fingerprint density at radius 3 is 0.571 bits per heavy atom. The average Bonchev–Trinajstić information content (AvgIpc) is 1.54. The summed E-state index contributed by atoms with van der Waals surface area (Å²) in [5.74, 6) is 0. The monoisotopic (exact) mass is 342 g/mol. The standard InChI is InChI=1S/La.3NO3.H3N/c;3*2-1(3)4;/h;;;;1H3/q+3;3*-1;. The van der Waals surface area contributed by atoms with E-state index in [-0.39, 0.29) is 41.7 Å². The zero-order valence-electron chi connectivity index (χ0n) is 6.30. The Labute approximate surface area is 103 Å². The third-order valence-corrected chi connectivity index (χ3v) is 0. The fraction of sp³-hybridized carbons (Fsp3) is 0. The van der Waals surface area contributed by atoms with Crippen LogP contribution in [0, 0.1) is 81.6 Å². The zero-order valence-corrected chi connectivity index (χ0v) is 9.93. The fourth-order valence-corrected chi connectivity index (χ4v) is 0. The van der Waals surface area contributed by atoms with Gasteiger partial charge in [-0.3, -0.25) is 0 Å². The maximum Gasteiger partial charge on any atom is 3.00 e. The molecule has 0 saturated heterocycles. The van der Waals surface area contributed by atoms with Crippen LogP contribution in [0.3, 0.4) is 0 Å². The van der Waals surface area contributed by atoms with Gasteiger partial charge in [0, 0.05) is 0 Å². The Morgan fingerprint density at radius 1 is 0.571 bits per heavy atom. The van der Waals surface area contributed by atoms with Crippen molar-refractivity contribution < 1.29 is 50.9 Å². The quantitative estimate of drug-likeness (QED) is 0.435. The minimum atomic E-state index is -1.75. The van der Waals surface area contributed by atoms with Crippen LogP contribution in [0.4, 0.5) is 0 Å². The van der Waals surface area contributed by atoms with E-state index in [0.29, 0.717) is 0 Å². The van der Waals surface area contributed by atoms with E-state index in [4.69, 9.17) is 46.0 Å². The first-order chi connectivity index (χ1) is 5.20. The average molecular weight is 342 g/mol. The molecule has 14 heavy (non-hydrogen) atoms. The van der Waals surface area contributed by atoms with Crippen molar-refractivity contribution in [2.24, 2.45) is 0 Å². The molecule has 14 heteroatoms. The van der Waals surface area contributed by atoms with Gasteiger partial charge in [0.05, 0.1) is 15.3 Å². The molecule has 0 aromatic carbocycles. The van der Waals surface area contributed by atoms with Crippen LogP contribution >= 0.6 is 0 Å². The van der Waals surface area contributed by atoms with Crippen LogP contribution in [0.15, 0.2) is 0 Å². The molecule has 13 nitrogen and oxygen atoms in total. The molecule has 80 valence electrons. The first-order valence-corrected chi connectivity index (χ1v) is 1.64. The van der Waals surface area contributed by atoms with Gasteiger partial charge in [0.15, 0.2) is 0 Å². The van der Waals surface area contributed by atoms with Crippen molar-refractivity contribution in [3.05, 3.63) is 46.0 Å². The van der Waals surface area contributed by atoms with E-state index in [1.165, 1.54) is 0 Å². The summed E-state index contributed by atoms with van der Waals surface area (Å²) in [6.45, 7) is 0. The van der Waals surface area contributed by atoms with Crippen molar-refractivity contribution in [3.8, 4) is 0 Å². The van der Waals surface area contributed by atoms with Gasteiger partial charge in [-0.15, -0.1) is 0 Å². The van der Waals surface area contributed by atoms with Crippen LogP contribution in [0.1, 0.15) is 0 Å². The van der Waals surface area contributed by atoms with Crippen molar-refractivity contribution in [2.75, 3.05) is 0 Å². The molecule has 0 amide bonds. The first kappa shape index (κ1) is 29.3. The van der Waals surface area contributed by atoms with E-state index in [1.807, 2.05) is 0 Å². The Morgan fingerprint density at radius 2 is 0.571 bits per heavy atom. The summed E-state index contributed by atoms with van der Waals surface area (Å²) in [6, 6.07) is 0. The summed E-state index contributed by atoms with van der Waals surface area (Å²) in [7, 11) is 0. The molecule has 0 aromatic heterocycles. The third kappa shape index (κ3) is 660. The number of nitrogens with zero attached hydrogens (tertiary/aromatic N) is 3. The molecule has 0 heterocycles. The summed E-state index contributed by atoms with van der Waals surface area (Å²) < 4.78 is 0. The van der Waals surface area contributed by atoms with Gasteiger partial charge in [-0.1, -0.05) is 0 Å². The summed E-state index contributed by atoms with van der Waals surface area (Å²) in [4.78, 5) is 24.8. The second-order valence-electron chi connectivity index (χ2n) is 0.671. The van der Waals surface area contributed by atoms with Gasteiger partial charge in [0.1, 0.15) is 0 Å². The Hall–Kier alpha value is -1.25. The minimum Gasteiger partial charge on any atom is -0.356 e. The van der Waals surface area contributed by atoms with Crippen molar-refractivity contribution >= 4 is 0 Å². The summed E-state index contributed by atoms with van der Waals surface area (Å²) in [5.41, 5.74) is 0. The number of hydrogen-bond donors (Lipinski definition) is 1. The largest absolute Gasteiger partial charge is 3.00 e. The van der Waals surface area contributed by atoms with Gasteiger partial charge in [0.25, 0.3) is 0 Å². The molecule has 0 aliphatic rings. The van der Waals surface area contributed by atoms with Crippen molar-refractivity contribution in [3.63, 3.8) is 0 Å². The van der Waals surface area contributed by atoms with Gasteiger partial charge in [-0.25, -0.2) is 0 Å². The Bertz CT molecular complexity index is 114. The van der Waals surface area contributed by atoms with Crippen molar-refractivity contribution in [1.82, 2.24) is 6.15 Å². The van der Waals surface area contributed by atoms with E-state index < -0.39 is 15.3 Å². The van der Waals surface area contributed by atoms with E-state index >= 15 is 0 Å². The minimum absolute atomic E-state index is 0. The molecule has 0 fully saturated rings. The number of hydrogen-bond acceptors (Lipinski definition) is 10. The molecular weight excluding hydrogens is 339 g/mol. The van der Waals surface area contributed by atoms with Gasteiger partial charge in [-0.05, 0) is 0 Å². The first-order valence-electron chi connectivity index (χ1n) is 1.64. The van der Waals surface area contributed by atoms with Crippen LogP contribution in [-0.4, -0.2) is 15.3 Å². The molecule has 3 N–H and O–H groups in total. The maximum atomic E-state index is 8.25. The van der Waals surface area contributed by atoms with Crippen molar-refractivity contribution in [2.45, 2.75) is 0 Å². The molecule has 0 atom stereocenters. The van der Waals surface area contributed by atoms with E-state index in [0.717, 1.165) is 0 Å². The van der Waals surface area contributed by atoms with Crippen molar-refractivity contribution in [1.29, 1.82) is 0 Å². The van der Waals surface area contributed by atoms with Crippen LogP contribution in [0.25, 0.3) is 0 Å². The van der Waals surface area contributed by atoms with E-state index in [1.54, 1.807) is 0 Å². The third-order valence-electron chi connectivity index (χ3n) is 0. The van der Waals surface area contributed by atoms with Gasteiger partial charge in [0.2, 0.25) is 0 Å². The smallest absolute Gasteiger partial charge is 0.356 e. The molecule has 0 spiro atoms. The SMILES string of the molecule is N.O=[N+]([O-])[O-].O=[N+]([O-])[O-].O=[N+]([O-])[O-].[La+3]. The zero-order chi connectivity index (χ0) is 10.7. The summed E-state index contributed by atoms with van der Waals surface area (Å²) in [5, 5.41) is 44.2. The Kier molecular flexibility index (Phi) is 47.3. The molecule has 0 bridgehead atoms. The van der Waals surface area contributed by atoms with Gasteiger partial charge >= 0.3 is 35.6 Å². The summed E-state index contributed by atoms with van der Waals surface area (Å²) >= 11 is 0. The molecular formula is H3LaN4O9. The molecule has 0 aliphatic heterocycles. The predicted octanol–water partition coefficient (Wildman–Crippen LogP) is -0.555. The maximum absolute atomic E-state index is 8.25. The van der Waals surface area contributed by atoms with E-state index in [9.17, 15) is 0 Å². The fourth-order valence-electron chi connectivity index (χ4n) is 0. The van der Waals surface area contributed by atoms with Crippen LogP contribution < -0.4 is 6.15 Å². The molecule has 0 aromatic rings.